The number of rotatable bonds is 4. The first kappa shape index (κ1) is 18.1. The molecule has 3 atom stereocenters. The SMILES string of the molecule is COc1ccc(C(=O)N2CCCCCC2)cc1NC(=O)NC1[C@H]2CNC[C@@H]12. The van der Waals surface area contributed by atoms with Gasteiger partial charge in [0.15, 0.2) is 0 Å². The molecule has 146 valence electrons. The van der Waals surface area contributed by atoms with Gasteiger partial charge in [-0.25, -0.2) is 4.79 Å². The van der Waals surface area contributed by atoms with Gasteiger partial charge < -0.3 is 25.6 Å². The summed E-state index contributed by atoms with van der Waals surface area (Å²) in [5, 5.41) is 9.22. The standard InChI is InChI=1S/C20H28N4O3/c1-27-17-7-6-13(19(25)24-8-4-2-3-5-9-24)10-16(17)22-20(26)23-18-14-11-21-12-15(14)18/h6-7,10,14-15,18,21H,2-5,8-9,11-12H2,1H3,(H2,22,23,26)/t14-,15+,18?. The van der Waals surface area contributed by atoms with Crippen molar-refractivity contribution in [1.29, 1.82) is 0 Å². The highest BCUT2D eigenvalue weighted by Crippen LogP contribution is 2.41. The number of benzene rings is 1. The maximum absolute atomic E-state index is 12.9. The minimum atomic E-state index is -0.243. The third kappa shape index (κ3) is 3.88. The number of amides is 3. The van der Waals surface area contributed by atoms with Gasteiger partial charge in [-0.2, -0.15) is 0 Å². The van der Waals surface area contributed by atoms with E-state index in [-0.39, 0.29) is 18.0 Å². The summed E-state index contributed by atoms with van der Waals surface area (Å²) in [7, 11) is 1.56. The molecule has 2 saturated heterocycles. The van der Waals surface area contributed by atoms with E-state index in [1.807, 2.05) is 4.90 Å². The minimum Gasteiger partial charge on any atom is -0.495 e. The van der Waals surface area contributed by atoms with Crippen molar-refractivity contribution in [1.82, 2.24) is 15.5 Å². The lowest BCUT2D eigenvalue weighted by atomic mass is 10.1. The second-order valence-corrected chi connectivity index (χ2v) is 7.73. The molecule has 2 aliphatic heterocycles. The van der Waals surface area contributed by atoms with Crippen LogP contribution in [0.2, 0.25) is 0 Å². The Morgan fingerprint density at radius 3 is 2.48 bits per heavy atom. The van der Waals surface area contributed by atoms with Crippen LogP contribution in [-0.4, -0.2) is 56.2 Å². The van der Waals surface area contributed by atoms with Crippen LogP contribution in [0.5, 0.6) is 5.75 Å². The molecule has 3 aliphatic rings. The van der Waals surface area contributed by atoms with Gasteiger partial charge >= 0.3 is 6.03 Å². The lowest BCUT2D eigenvalue weighted by Crippen LogP contribution is -2.35. The predicted molar refractivity (Wildman–Crippen MR) is 103 cm³/mol. The second-order valence-electron chi connectivity index (χ2n) is 7.73. The topological polar surface area (TPSA) is 82.7 Å². The van der Waals surface area contributed by atoms with Gasteiger partial charge in [0.25, 0.3) is 5.91 Å². The predicted octanol–water partition coefficient (Wildman–Crippen LogP) is 2.05. The molecule has 7 heteroatoms. The highest BCUT2D eigenvalue weighted by atomic mass is 16.5. The summed E-state index contributed by atoms with van der Waals surface area (Å²) in [6.07, 6.45) is 4.46. The van der Waals surface area contributed by atoms with Crippen molar-refractivity contribution in [2.75, 3.05) is 38.6 Å². The first-order chi connectivity index (χ1) is 13.2. The number of ether oxygens (including phenoxy) is 1. The number of methoxy groups -OCH3 is 1. The zero-order chi connectivity index (χ0) is 18.8. The summed E-state index contributed by atoms with van der Waals surface area (Å²) in [6.45, 7) is 3.54. The monoisotopic (exact) mass is 372 g/mol. The van der Waals surface area contributed by atoms with Gasteiger partial charge in [-0.15, -0.1) is 0 Å². The average Bonchev–Trinajstić information content (AvgIpc) is 3.20. The fraction of sp³-hybridized carbons (Fsp3) is 0.600. The van der Waals surface area contributed by atoms with Gasteiger partial charge in [-0.05, 0) is 42.9 Å². The molecule has 2 heterocycles. The normalized spacial score (nSPS) is 26.7. The summed E-state index contributed by atoms with van der Waals surface area (Å²) in [5.74, 6) is 1.67. The van der Waals surface area contributed by atoms with E-state index in [1.165, 1.54) is 12.8 Å². The molecule has 0 bridgehead atoms. The minimum absolute atomic E-state index is 0.0193. The van der Waals surface area contributed by atoms with Gasteiger partial charge in [0.05, 0.1) is 12.8 Å². The molecule has 4 rings (SSSR count). The third-order valence-corrected chi connectivity index (χ3v) is 5.98. The van der Waals surface area contributed by atoms with E-state index in [1.54, 1.807) is 25.3 Å². The Bertz CT molecular complexity index is 705. The lowest BCUT2D eigenvalue weighted by molar-refractivity contribution is 0.0761. The van der Waals surface area contributed by atoms with Crippen molar-refractivity contribution in [2.45, 2.75) is 31.7 Å². The first-order valence-corrected chi connectivity index (χ1v) is 9.93. The summed E-state index contributed by atoms with van der Waals surface area (Å²) < 4.78 is 5.36. The number of carbonyl (C=O) groups excluding carboxylic acids is 2. The van der Waals surface area contributed by atoms with Crippen molar-refractivity contribution < 1.29 is 14.3 Å². The zero-order valence-corrected chi connectivity index (χ0v) is 15.8. The Morgan fingerprint density at radius 1 is 1.11 bits per heavy atom. The Hall–Kier alpha value is -2.28. The van der Waals surface area contributed by atoms with Gasteiger partial charge in [0.2, 0.25) is 0 Å². The smallest absolute Gasteiger partial charge is 0.319 e. The number of hydrogen-bond acceptors (Lipinski definition) is 4. The number of anilines is 1. The van der Waals surface area contributed by atoms with Crippen molar-refractivity contribution >= 4 is 17.6 Å². The van der Waals surface area contributed by atoms with Crippen LogP contribution in [0.15, 0.2) is 18.2 Å². The van der Waals surface area contributed by atoms with Crippen LogP contribution in [0.1, 0.15) is 36.0 Å². The molecule has 1 aromatic rings. The molecule has 0 spiro atoms. The summed E-state index contributed by atoms with van der Waals surface area (Å²) in [6, 6.07) is 5.25. The molecule has 1 unspecified atom stereocenters. The third-order valence-electron chi connectivity index (χ3n) is 5.98. The number of piperidine rings is 1. The van der Waals surface area contributed by atoms with Crippen molar-refractivity contribution in [2.24, 2.45) is 11.8 Å². The molecule has 3 fully saturated rings. The molecule has 1 aliphatic carbocycles. The maximum Gasteiger partial charge on any atom is 0.319 e. The van der Waals surface area contributed by atoms with Crippen LogP contribution in [0.25, 0.3) is 0 Å². The zero-order valence-electron chi connectivity index (χ0n) is 15.8. The molecular weight excluding hydrogens is 344 g/mol. The fourth-order valence-electron chi connectivity index (χ4n) is 4.34. The molecule has 1 saturated carbocycles. The van der Waals surface area contributed by atoms with E-state index in [9.17, 15) is 9.59 Å². The van der Waals surface area contributed by atoms with Crippen LogP contribution in [-0.2, 0) is 0 Å². The van der Waals surface area contributed by atoms with Crippen molar-refractivity contribution in [3.05, 3.63) is 23.8 Å². The number of fused-ring (bicyclic) bond motifs is 1. The average molecular weight is 372 g/mol. The highest BCUT2D eigenvalue weighted by molar-refractivity contribution is 5.98. The molecule has 7 nitrogen and oxygen atoms in total. The molecule has 3 N–H and O–H groups in total. The number of urea groups is 1. The van der Waals surface area contributed by atoms with E-state index in [4.69, 9.17) is 4.74 Å². The highest BCUT2D eigenvalue weighted by Gasteiger charge is 2.53. The Balaban J connectivity index is 1.43. The van der Waals surface area contributed by atoms with Crippen LogP contribution in [0, 0.1) is 11.8 Å². The van der Waals surface area contributed by atoms with Crippen LogP contribution in [0.4, 0.5) is 10.5 Å². The lowest BCUT2D eigenvalue weighted by Gasteiger charge is -2.21. The van der Waals surface area contributed by atoms with Gasteiger partial charge in [-0.3, -0.25) is 4.79 Å². The molecule has 27 heavy (non-hydrogen) atoms. The Kier molecular flexibility index (Phi) is 5.20. The van der Waals surface area contributed by atoms with E-state index in [2.05, 4.69) is 16.0 Å². The molecule has 0 radical (unpaired) electrons. The van der Waals surface area contributed by atoms with Crippen molar-refractivity contribution in [3.8, 4) is 5.75 Å². The summed E-state index contributed by atoms with van der Waals surface area (Å²) in [5.41, 5.74) is 1.11. The van der Waals surface area contributed by atoms with Gasteiger partial charge in [-0.1, -0.05) is 12.8 Å². The number of nitrogens with zero attached hydrogens (tertiary/aromatic N) is 1. The molecule has 3 amide bonds. The largest absolute Gasteiger partial charge is 0.495 e. The number of nitrogens with one attached hydrogen (secondary N) is 3. The van der Waals surface area contributed by atoms with Gasteiger partial charge in [0, 0.05) is 37.8 Å². The molecule has 1 aromatic carbocycles. The first-order valence-electron chi connectivity index (χ1n) is 9.93. The number of likely N-dealkylation sites (tertiary alicyclic amines) is 1. The Labute approximate surface area is 159 Å². The van der Waals surface area contributed by atoms with E-state index < -0.39 is 0 Å². The molecule has 0 aromatic heterocycles. The number of carbonyl (C=O) groups is 2. The summed E-state index contributed by atoms with van der Waals surface area (Å²) >= 11 is 0. The van der Waals surface area contributed by atoms with Crippen LogP contribution in [0.3, 0.4) is 0 Å². The molecular formula is C20H28N4O3. The van der Waals surface area contributed by atoms with Gasteiger partial charge in [0.1, 0.15) is 5.75 Å². The second kappa shape index (κ2) is 7.76. The van der Waals surface area contributed by atoms with E-state index in [0.717, 1.165) is 39.0 Å². The van der Waals surface area contributed by atoms with Crippen LogP contribution >= 0.6 is 0 Å². The Morgan fingerprint density at radius 2 is 1.81 bits per heavy atom. The summed E-state index contributed by atoms with van der Waals surface area (Å²) in [4.78, 5) is 27.2. The van der Waals surface area contributed by atoms with Crippen molar-refractivity contribution in [3.63, 3.8) is 0 Å². The fourth-order valence-corrected chi connectivity index (χ4v) is 4.34. The van der Waals surface area contributed by atoms with E-state index in [0.29, 0.717) is 28.8 Å². The quantitative estimate of drug-likeness (QED) is 0.755. The van der Waals surface area contributed by atoms with Crippen LogP contribution < -0.4 is 20.7 Å². The number of hydrogen-bond donors (Lipinski definition) is 3. The van der Waals surface area contributed by atoms with E-state index >= 15 is 0 Å². The maximum atomic E-state index is 12.9.